The van der Waals surface area contributed by atoms with Gasteiger partial charge in [-0.3, -0.25) is 9.59 Å². The molecule has 3 rings (SSSR count). The smallest absolute Gasteiger partial charge is 0.306 e. The standard InChI is InChI=1S/C27H42N2O5/c1-4-27(5-2)22-15-19(25(28)31)9-8-18(22)16-23(34-3)24(27)29-13-12-20(26(32)33)14-17-6-10-21(30)11-7-17/h8-9,15,17,20-21,23-24,29-30H,4-7,10-14,16H2,1-3H3,(H2,28,31)(H,32,33)/t17-,20?,21+,23-,24+/m0/s1. The summed E-state index contributed by atoms with van der Waals surface area (Å²) >= 11 is 0. The van der Waals surface area contributed by atoms with Gasteiger partial charge < -0.3 is 26.0 Å². The number of aliphatic hydroxyl groups is 1. The number of carboxylic acids is 1. The van der Waals surface area contributed by atoms with Crippen molar-refractivity contribution in [2.75, 3.05) is 13.7 Å². The first-order valence-corrected chi connectivity index (χ1v) is 12.9. The fourth-order valence-electron chi connectivity index (χ4n) is 6.38. The number of nitrogens with one attached hydrogen (secondary N) is 1. The first kappa shape index (κ1) is 26.6. The van der Waals surface area contributed by atoms with Gasteiger partial charge >= 0.3 is 5.97 Å². The number of nitrogens with two attached hydrogens (primary N) is 1. The number of aliphatic carboxylic acids is 1. The number of ether oxygens (including phenoxy) is 1. The molecule has 0 radical (unpaired) electrons. The topological polar surface area (TPSA) is 122 Å². The van der Waals surface area contributed by atoms with E-state index in [9.17, 15) is 19.8 Å². The lowest BCUT2D eigenvalue weighted by atomic mass is 9.62. The first-order chi connectivity index (χ1) is 16.2. The van der Waals surface area contributed by atoms with Gasteiger partial charge in [-0.25, -0.2) is 0 Å². The molecule has 3 atom stereocenters. The van der Waals surface area contributed by atoms with Crippen LogP contribution in [0.1, 0.15) is 86.7 Å². The second-order valence-corrected chi connectivity index (χ2v) is 10.2. The van der Waals surface area contributed by atoms with Gasteiger partial charge in [0.25, 0.3) is 0 Å². The van der Waals surface area contributed by atoms with Crippen molar-refractivity contribution in [2.24, 2.45) is 17.6 Å². The Morgan fingerprint density at radius 3 is 2.44 bits per heavy atom. The van der Waals surface area contributed by atoms with Crippen LogP contribution in [0.3, 0.4) is 0 Å². The van der Waals surface area contributed by atoms with Crippen LogP contribution >= 0.6 is 0 Å². The summed E-state index contributed by atoms with van der Waals surface area (Å²) in [5.74, 6) is -1.20. The lowest BCUT2D eigenvalue weighted by Crippen LogP contribution is -2.59. The SMILES string of the molecule is CCC1(CC)c2cc(C(N)=O)ccc2C[C@H](OC)[C@H]1NCCC(C[C@H]1CC[C@@H](O)CC1)C(=O)O. The van der Waals surface area contributed by atoms with E-state index in [1.165, 1.54) is 5.56 Å². The normalized spacial score (nSPS) is 27.1. The average molecular weight is 475 g/mol. The second-order valence-electron chi connectivity index (χ2n) is 10.2. The highest BCUT2D eigenvalue weighted by Crippen LogP contribution is 2.44. The Balaban J connectivity index is 1.76. The van der Waals surface area contributed by atoms with Crippen molar-refractivity contribution in [3.05, 3.63) is 34.9 Å². The first-order valence-electron chi connectivity index (χ1n) is 12.9. The van der Waals surface area contributed by atoms with E-state index in [0.717, 1.165) is 50.5 Å². The van der Waals surface area contributed by atoms with E-state index >= 15 is 0 Å². The Morgan fingerprint density at radius 1 is 1.21 bits per heavy atom. The van der Waals surface area contributed by atoms with E-state index in [0.29, 0.717) is 30.9 Å². The van der Waals surface area contributed by atoms with Gasteiger partial charge in [0.2, 0.25) is 5.91 Å². The molecule has 34 heavy (non-hydrogen) atoms. The molecule has 0 saturated heterocycles. The minimum absolute atomic E-state index is 0.00222. The zero-order valence-corrected chi connectivity index (χ0v) is 20.9. The third kappa shape index (κ3) is 5.64. The Bertz CT molecular complexity index is 845. The molecule has 0 aromatic heterocycles. The van der Waals surface area contributed by atoms with Gasteiger partial charge in [0.15, 0.2) is 0 Å². The van der Waals surface area contributed by atoms with Crippen LogP contribution in [-0.4, -0.2) is 54.0 Å². The van der Waals surface area contributed by atoms with Crippen molar-refractivity contribution in [2.45, 2.75) is 95.3 Å². The van der Waals surface area contributed by atoms with Crippen molar-refractivity contribution in [3.63, 3.8) is 0 Å². The Labute approximate surface area is 203 Å². The molecule has 0 aliphatic heterocycles. The minimum Gasteiger partial charge on any atom is -0.481 e. The number of carbonyl (C=O) groups is 2. The molecule has 7 nitrogen and oxygen atoms in total. The fourth-order valence-corrected chi connectivity index (χ4v) is 6.38. The fraction of sp³-hybridized carbons (Fsp3) is 0.704. The number of hydrogen-bond acceptors (Lipinski definition) is 5. The third-order valence-electron chi connectivity index (χ3n) is 8.52. The molecular formula is C27H42N2O5. The highest BCUT2D eigenvalue weighted by molar-refractivity contribution is 5.93. The Morgan fingerprint density at radius 2 is 1.88 bits per heavy atom. The third-order valence-corrected chi connectivity index (χ3v) is 8.52. The largest absolute Gasteiger partial charge is 0.481 e. The lowest BCUT2D eigenvalue weighted by Gasteiger charge is -2.49. The molecule has 1 unspecified atom stereocenters. The maximum absolute atomic E-state index is 12.0. The van der Waals surface area contributed by atoms with Gasteiger partial charge in [-0.05, 0) is 87.1 Å². The van der Waals surface area contributed by atoms with Crippen molar-refractivity contribution >= 4 is 11.9 Å². The number of aliphatic hydroxyl groups excluding tert-OH is 1. The van der Waals surface area contributed by atoms with Crippen LogP contribution in [0.25, 0.3) is 0 Å². The van der Waals surface area contributed by atoms with Gasteiger partial charge in [0, 0.05) is 30.6 Å². The van der Waals surface area contributed by atoms with Crippen molar-refractivity contribution in [1.29, 1.82) is 0 Å². The van der Waals surface area contributed by atoms with E-state index in [1.807, 2.05) is 12.1 Å². The summed E-state index contributed by atoms with van der Waals surface area (Å²) in [7, 11) is 1.73. The Kier molecular flexibility index (Phi) is 9.13. The molecule has 1 aromatic rings. The van der Waals surface area contributed by atoms with Crippen molar-refractivity contribution in [1.82, 2.24) is 5.32 Å². The maximum Gasteiger partial charge on any atom is 0.306 e. The Hall–Kier alpha value is -1.96. The number of carbonyl (C=O) groups excluding carboxylic acids is 1. The van der Waals surface area contributed by atoms with Crippen LogP contribution in [-0.2, 0) is 21.4 Å². The second kappa shape index (κ2) is 11.6. The molecule has 0 spiro atoms. The molecule has 0 bridgehead atoms. The molecule has 1 amide bonds. The molecule has 5 N–H and O–H groups in total. The zero-order valence-electron chi connectivity index (χ0n) is 20.9. The molecule has 190 valence electrons. The quantitative estimate of drug-likeness (QED) is 0.390. The molecule has 0 heterocycles. The number of benzene rings is 1. The monoisotopic (exact) mass is 474 g/mol. The van der Waals surface area contributed by atoms with Crippen molar-refractivity contribution in [3.8, 4) is 0 Å². The van der Waals surface area contributed by atoms with E-state index in [1.54, 1.807) is 13.2 Å². The van der Waals surface area contributed by atoms with E-state index in [4.69, 9.17) is 10.5 Å². The average Bonchev–Trinajstić information content (AvgIpc) is 2.83. The highest BCUT2D eigenvalue weighted by atomic mass is 16.5. The predicted molar refractivity (Wildman–Crippen MR) is 132 cm³/mol. The molecule has 2 aliphatic rings. The molecule has 1 aromatic carbocycles. The number of amides is 1. The van der Waals surface area contributed by atoms with Gasteiger partial charge in [-0.2, -0.15) is 0 Å². The van der Waals surface area contributed by atoms with Crippen LogP contribution in [0.5, 0.6) is 0 Å². The van der Waals surface area contributed by atoms with Crippen LogP contribution in [0.4, 0.5) is 0 Å². The zero-order chi connectivity index (χ0) is 24.9. The summed E-state index contributed by atoms with van der Waals surface area (Å²) in [5.41, 5.74) is 8.19. The summed E-state index contributed by atoms with van der Waals surface area (Å²) in [6.45, 7) is 4.91. The number of fused-ring (bicyclic) bond motifs is 1. The number of methoxy groups -OCH3 is 1. The lowest BCUT2D eigenvalue weighted by molar-refractivity contribution is -0.142. The summed E-state index contributed by atoms with van der Waals surface area (Å²) in [6.07, 6.45) is 6.76. The number of primary amides is 1. The van der Waals surface area contributed by atoms with Gasteiger partial charge in [0.05, 0.1) is 18.1 Å². The van der Waals surface area contributed by atoms with Gasteiger partial charge in [-0.15, -0.1) is 0 Å². The number of rotatable bonds is 11. The van der Waals surface area contributed by atoms with Crippen LogP contribution < -0.4 is 11.1 Å². The van der Waals surface area contributed by atoms with Crippen LogP contribution in [0, 0.1) is 11.8 Å². The van der Waals surface area contributed by atoms with E-state index in [2.05, 4.69) is 19.2 Å². The summed E-state index contributed by atoms with van der Waals surface area (Å²) in [4.78, 5) is 23.9. The van der Waals surface area contributed by atoms with Crippen LogP contribution in [0.15, 0.2) is 18.2 Å². The predicted octanol–water partition coefficient (Wildman–Crippen LogP) is 3.40. The van der Waals surface area contributed by atoms with E-state index in [-0.39, 0.29) is 23.7 Å². The molecular weight excluding hydrogens is 432 g/mol. The molecule has 1 fully saturated rings. The summed E-state index contributed by atoms with van der Waals surface area (Å²) in [5, 5.41) is 23.3. The van der Waals surface area contributed by atoms with Gasteiger partial charge in [0.1, 0.15) is 0 Å². The highest BCUT2D eigenvalue weighted by Gasteiger charge is 2.46. The summed E-state index contributed by atoms with van der Waals surface area (Å²) in [6, 6.07) is 5.74. The molecule has 7 heteroatoms. The van der Waals surface area contributed by atoms with Crippen molar-refractivity contribution < 1.29 is 24.5 Å². The minimum atomic E-state index is -0.742. The summed E-state index contributed by atoms with van der Waals surface area (Å²) < 4.78 is 5.94. The van der Waals surface area contributed by atoms with Gasteiger partial charge in [-0.1, -0.05) is 19.9 Å². The number of carboxylic acid groups (broad SMARTS) is 1. The van der Waals surface area contributed by atoms with E-state index < -0.39 is 17.8 Å². The number of hydrogen-bond donors (Lipinski definition) is 4. The van der Waals surface area contributed by atoms with Crippen LogP contribution in [0.2, 0.25) is 0 Å². The molecule has 2 aliphatic carbocycles. The maximum atomic E-state index is 12.0. The molecule has 1 saturated carbocycles.